The van der Waals surface area contributed by atoms with Gasteiger partial charge in [0.15, 0.2) is 0 Å². The number of fused-ring (bicyclic) bond motifs is 2. The third kappa shape index (κ3) is 2.17. The number of carbonyl (C=O) groups is 1. The predicted molar refractivity (Wildman–Crippen MR) is 88.2 cm³/mol. The minimum Gasteiger partial charge on any atom is -0.326 e. The summed E-state index contributed by atoms with van der Waals surface area (Å²) in [4.78, 5) is 12.1. The topological polar surface area (TPSA) is 29.1 Å². The molecule has 0 radical (unpaired) electrons. The number of rotatable bonds is 1. The smallest absolute Gasteiger partial charge is 0.225 e. The maximum absolute atomic E-state index is 12.1. The van der Waals surface area contributed by atoms with Gasteiger partial charge in [0.05, 0.1) is 0 Å². The summed E-state index contributed by atoms with van der Waals surface area (Å²) in [6, 6.07) is 13.1. The molecule has 1 aliphatic heterocycles. The van der Waals surface area contributed by atoms with Crippen LogP contribution in [0, 0.1) is 0 Å². The number of aryl methyl sites for hydroxylation is 2. The van der Waals surface area contributed by atoms with E-state index in [0.717, 1.165) is 12.1 Å². The van der Waals surface area contributed by atoms with Gasteiger partial charge in [0.2, 0.25) is 5.91 Å². The molecule has 0 bridgehead atoms. The number of anilines is 1. The van der Waals surface area contributed by atoms with Crippen LogP contribution in [0.5, 0.6) is 0 Å². The molecule has 1 amide bonds. The molecule has 21 heavy (non-hydrogen) atoms. The fraction of sp³-hybridized carbons (Fsp3) is 0.278. The lowest BCUT2D eigenvalue weighted by molar-refractivity contribution is -0.116. The largest absolute Gasteiger partial charge is 0.326 e. The van der Waals surface area contributed by atoms with Crippen molar-refractivity contribution < 1.29 is 4.79 Å². The van der Waals surface area contributed by atoms with Gasteiger partial charge >= 0.3 is 0 Å². The lowest BCUT2D eigenvalue weighted by Crippen LogP contribution is -2.24. The Balaban J connectivity index is 1.85. The summed E-state index contributed by atoms with van der Waals surface area (Å²) < 4.78 is 0. The lowest BCUT2D eigenvalue weighted by atomic mass is 9.81. The SMILES string of the molecule is Bc1cccc(C2CC(=O)Nc3cc4c(cc32)CCC4)c1. The Bertz CT molecular complexity index is 738. The minimum atomic E-state index is 0.131. The molecule has 0 aromatic heterocycles. The van der Waals surface area contributed by atoms with Gasteiger partial charge in [0, 0.05) is 18.0 Å². The molecule has 0 fully saturated rings. The van der Waals surface area contributed by atoms with Gasteiger partial charge in [-0.3, -0.25) is 4.79 Å². The van der Waals surface area contributed by atoms with Crippen molar-refractivity contribution in [2.45, 2.75) is 31.6 Å². The first-order valence-corrected chi connectivity index (χ1v) is 7.73. The van der Waals surface area contributed by atoms with E-state index < -0.39 is 0 Å². The molecule has 2 aliphatic rings. The van der Waals surface area contributed by atoms with E-state index in [-0.39, 0.29) is 11.8 Å². The number of nitrogens with one attached hydrogen (secondary N) is 1. The van der Waals surface area contributed by atoms with E-state index in [9.17, 15) is 4.79 Å². The van der Waals surface area contributed by atoms with Crippen LogP contribution in [0.1, 0.15) is 41.0 Å². The van der Waals surface area contributed by atoms with Gasteiger partial charge < -0.3 is 5.32 Å². The Hall–Kier alpha value is -2.03. The van der Waals surface area contributed by atoms with Gasteiger partial charge in [-0.05, 0) is 47.6 Å². The van der Waals surface area contributed by atoms with Crippen molar-refractivity contribution in [3.8, 4) is 0 Å². The molecular weight excluding hydrogens is 257 g/mol. The average Bonchev–Trinajstić information content (AvgIpc) is 2.91. The second-order valence-corrected chi connectivity index (χ2v) is 6.28. The molecule has 0 spiro atoms. The maximum Gasteiger partial charge on any atom is 0.225 e. The second kappa shape index (κ2) is 4.76. The summed E-state index contributed by atoms with van der Waals surface area (Å²) >= 11 is 0. The first-order valence-electron chi connectivity index (χ1n) is 7.73. The van der Waals surface area contributed by atoms with Crippen molar-refractivity contribution >= 4 is 24.9 Å². The van der Waals surface area contributed by atoms with Crippen molar-refractivity contribution in [2.75, 3.05) is 5.32 Å². The van der Waals surface area contributed by atoms with Crippen LogP contribution in [0.4, 0.5) is 5.69 Å². The molecule has 104 valence electrons. The van der Waals surface area contributed by atoms with Crippen molar-refractivity contribution in [3.05, 3.63) is 58.7 Å². The van der Waals surface area contributed by atoms with Crippen LogP contribution in [0.25, 0.3) is 0 Å². The molecule has 2 aromatic carbocycles. The molecule has 3 heteroatoms. The van der Waals surface area contributed by atoms with Crippen LogP contribution in [-0.2, 0) is 17.6 Å². The Morgan fingerprint density at radius 2 is 1.90 bits per heavy atom. The highest BCUT2D eigenvalue weighted by molar-refractivity contribution is 6.32. The first kappa shape index (κ1) is 12.7. The highest BCUT2D eigenvalue weighted by atomic mass is 16.1. The van der Waals surface area contributed by atoms with E-state index in [1.807, 2.05) is 0 Å². The summed E-state index contributed by atoms with van der Waals surface area (Å²) in [5.41, 5.74) is 7.71. The Morgan fingerprint density at radius 1 is 1.10 bits per heavy atom. The summed E-state index contributed by atoms with van der Waals surface area (Å²) in [6.07, 6.45) is 4.11. The van der Waals surface area contributed by atoms with Gasteiger partial charge in [0.1, 0.15) is 7.85 Å². The van der Waals surface area contributed by atoms with E-state index in [1.54, 1.807) is 0 Å². The highest BCUT2D eigenvalue weighted by Crippen LogP contribution is 2.40. The third-order valence-electron chi connectivity index (χ3n) is 4.75. The van der Waals surface area contributed by atoms with Crippen molar-refractivity contribution in [3.63, 3.8) is 0 Å². The molecular formula is C18H18BNO. The molecule has 1 N–H and O–H groups in total. The highest BCUT2D eigenvalue weighted by Gasteiger charge is 2.28. The Labute approximate surface area is 126 Å². The van der Waals surface area contributed by atoms with Gasteiger partial charge in [-0.25, -0.2) is 0 Å². The van der Waals surface area contributed by atoms with Crippen LogP contribution in [0.3, 0.4) is 0 Å². The molecule has 2 nitrogen and oxygen atoms in total. The predicted octanol–water partition coefficient (Wildman–Crippen LogP) is 1.91. The maximum atomic E-state index is 12.1. The fourth-order valence-corrected chi connectivity index (χ4v) is 3.72. The Morgan fingerprint density at radius 3 is 2.71 bits per heavy atom. The zero-order valence-corrected chi connectivity index (χ0v) is 12.3. The van der Waals surface area contributed by atoms with Crippen LogP contribution in [0.15, 0.2) is 36.4 Å². The molecule has 2 aromatic rings. The van der Waals surface area contributed by atoms with E-state index in [0.29, 0.717) is 6.42 Å². The normalized spacial score (nSPS) is 19.8. The van der Waals surface area contributed by atoms with Gasteiger partial charge in [-0.1, -0.05) is 35.8 Å². The second-order valence-electron chi connectivity index (χ2n) is 6.28. The van der Waals surface area contributed by atoms with E-state index in [2.05, 4.69) is 49.6 Å². The molecule has 1 atom stereocenters. The minimum absolute atomic E-state index is 0.131. The monoisotopic (exact) mass is 275 g/mol. The number of carbonyl (C=O) groups excluding carboxylic acids is 1. The number of benzene rings is 2. The first-order chi connectivity index (χ1) is 10.2. The molecule has 0 saturated heterocycles. The number of hydrogen-bond acceptors (Lipinski definition) is 1. The summed E-state index contributed by atoms with van der Waals surface area (Å²) in [5, 5.41) is 3.07. The van der Waals surface area contributed by atoms with Crippen molar-refractivity contribution in [1.82, 2.24) is 0 Å². The van der Waals surface area contributed by atoms with Crippen molar-refractivity contribution in [1.29, 1.82) is 0 Å². The Kier molecular flexibility index (Phi) is 2.88. The van der Waals surface area contributed by atoms with E-state index >= 15 is 0 Å². The average molecular weight is 275 g/mol. The molecule has 1 unspecified atom stereocenters. The van der Waals surface area contributed by atoms with Gasteiger partial charge in [0.25, 0.3) is 0 Å². The quantitative estimate of drug-likeness (QED) is 0.791. The fourth-order valence-electron chi connectivity index (χ4n) is 3.72. The number of amides is 1. The van der Waals surface area contributed by atoms with Crippen LogP contribution in [0.2, 0.25) is 0 Å². The van der Waals surface area contributed by atoms with Crippen LogP contribution in [-0.4, -0.2) is 13.8 Å². The van der Waals surface area contributed by atoms with Gasteiger partial charge in [-0.2, -0.15) is 0 Å². The lowest BCUT2D eigenvalue weighted by Gasteiger charge is -2.27. The summed E-state index contributed by atoms with van der Waals surface area (Å²) in [7, 11) is 2.11. The summed E-state index contributed by atoms with van der Waals surface area (Å²) in [6.45, 7) is 0. The van der Waals surface area contributed by atoms with Crippen LogP contribution < -0.4 is 10.8 Å². The van der Waals surface area contributed by atoms with Crippen LogP contribution >= 0.6 is 0 Å². The molecule has 1 heterocycles. The molecule has 4 rings (SSSR count). The molecule has 0 saturated carbocycles. The third-order valence-corrected chi connectivity index (χ3v) is 4.75. The molecule has 1 aliphatic carbocycles. The van der Waals surface area contributed by atoms with E-state index in [1.165, 1.54) is 40.6 Å². The standard InChI is InChI=1S/C18H18BNO/c19-14-6-2-5-13(7-14)15-10-18(21)20-17-9-12-4-1-3-11(12)8-16(15)17/h2,5-9,15H,1,3-4,10,19H2,(H,20,21). The zero-order valence-electron chi connectivity index (χ0n) is 12.3. The summed E-state index contributed by atoms with van der Waals surface area (Å²) in [5.74, 6) is 0.325. The number of hydrogen-bond donors (Lipinski definition) is 1. The van der Waals surface area contributed by atoms with E-state index in [4.69, 9.17) is 0 Å². The zero-order chi connectivity index (χ0) is 14.4. The van der Waals surface area contributed by atoms with Crippen molar-refractivity contribution in [2.24, 2.45) is 0 Å². The van der Waals surface area contributed by atoms with Gasteiger partial charge in [-0.15, -0.1) is 0 Å².